The maximum absolute atomic E-state index is 13.9. The molecule has 8 nitrogen and oxygen atoms in total. The smallest absolute Gasteiger partial charge is 0.330 e. The Balaban J connectivity index is 1.37. The molecule has 9 heteroatoms. The van der Waals surface area contributed by atoms with E-state index in [1.165, 1.54) is 6.42 Å². The summed E-state index contributed by atoms with van der Waals surface area (Å²) >= 11 is 6.53. The second-order valence-electron chi connectivity index (χ2n) is 12.9. The van der Waals surface area contributed by atoms with Crippen molar-refractivity contribution in [2.24, 2.45) is 23.7 Å². The number of para-hydroxylation sites is 1. The van der Waals surface area contributed by atoms with Crippen LogP contribution in [0.2, 0.25) is 5.02 Å². The summed E-state index contributed by atoms with van der Waals surface area (Å²) in [4.78, 5) is 33.8. The van der Waals surface area contributed by atoms with E-state index in [1.807, 2.05) is 56.6 Å². The van der Waals surface area contributed by atoms with Gasteiger partial charge in [-0.2, -0.15) is 0 Å². The number of ether oxygens (including phenoxy) is 2. The van der Waals surface area contributed by atoms with Crippen LogP contribution in [0.25, 0.3) is 22.4 Å². The third kappa shape index (κ3) is 5.66. The lowest BCUT2D eigenvalue weighted by Crippen LogP contribution is -2.70. The molecule has 2 N–H and O–H groups in total. The molecule has 7 rings (SSSR count). The van der Waals surface area contributed by atoms with Gasteiger partial charge in [0, 0.05) is 23.2 Å². The number of halogens is 1. The van der Waals surface area contributed by atoms with Gasteiger partial charge in [0.05, 0.1) is 24.4 Å². The van der Waals surface area contributed by atoms with Crippen LogP contribution in [0.1, 0.15) is 49.0 Å². The molecule has 1 aromatic heterocycles. The van der Waals surface area contributed by atoms with E-state index in [2.05, 4.69) is 10.2 Å². The van der Waals surface area contributed by atoms with Gasteiger partial charge in [-0.25, -0.2) is 9.78 Å². The molecule has 3 aromatic rings. The number of rotatable bonds is 11. The monoisotopic (exact) mass is 617 g/mol. The van der Waals surface area contributed by atoms with Crippen molar-refractivity contribution in [3.8, 4) is 33.9 Å². The Hall–Kier alpha value is -3.62. The van der Waals surface area contributed by atoms with Gasteiger partial charge in [-0.15, -0.1) is 0 Å². The van der Waals surface area contributed by atoms with Crippen LogP contribution in [0.3, 0.4) is 0 Å². The highest BCUT2D eigenvalue weighted by Crippen LogP contribution is 2.58. The molecule has 2 aromatic carbocycles. The molecule has 44 heavy (non-hydrogen) atoms. The maximum atomic E-state index is 13.9. The van der Waals surface area contributed by atoms with Crippen LogP contribution in [-0.2, 0) is 4.79 Å². The lowest BCUT2D eigenvalue weighted by molar-refractivity contribution is -0.163. The Bertz CT molecular complexity index is 1530. The van der Waals surface area contributed by atoms with E-state index in [0.29, 0.717) is 40.7 Å². The number of carbonyl (C=O) groups is 2. The van der Waals surface area contributed by atoms with Gasteiger partial charge >= 0.3 is 5.97 Å². The Morgan fingerprint density at radius 1 is 0.977 bits per heavy atom. The number of amides is 1. The predicted octanol–water partition coefficient (Wildman–Crippen LogP) is 6.42. The SMILES string of the molecule is COc1ccccc1-c1ccc(C(=O)NC2(C(=O)O)C3CC4CC(C3)CC2C4)nc1-c1ccc(Cl)c(OCCCN(C)C)c1. The molecule has 0 atom stereocenters. The van der Waals surface area contributed by atoms with Crippen LogP contribution in [0.5, 0.6) is 11.5 Å². The highest BCUT2D eigenvalue weighted by molar-refractivity contribution is 6.32. The van der Waals surface area contributed by atoms with Gasteiger partial charge in [-0.1, -0.05) is 35.9 Å². The third-order valence-corrected chi connectivity index (χ3v) is 10.1. The summed E-state index contributed by atoms with van der Waals surface area (Å²) < 4.78 is 11.7. The molecular weight excluding hydrogens is 578 g/mol. The van der Waals surface area contributed by atoms with E-state index >= 15 is 0 Å². The molecule has 232 valence electrons. The number of nitrogens with one attached hydrogen (secondary N) is 1. The number of aromatic nitrogens is 1. The molecule has 0 radical (unpaired) electrons. The quantitative estimate of drug-likeness (QED) is 0.240. The second kappa shape index (κ2) is 12.4. The molecule has 1 heterocycles. The zero-order valence-corrected chi connectivity index (χ0v) is 26.3. The first-order valence-corrected chi connectivity index (χ1v) is 15.8. The van der Waals surface area contributed by atoms with Crippen LogP contribution in [-0.4, -0.2) is 66.8 Å². The van der Waals surface area contributed by atoms with Gasteiger partial charge in [0.2, 0.25) is 0 Å². The zero-order valence-electron chi connectivity index (χ0n) is 25.5. The molecule has 0 aliphatic heterocycles. The van der Waals surface area contributed by atoms with Crippen molar-refractivity contribution in [1.82, 2.24) is 15.2 Å². The zero-order chi connectivity index (χ0) is 31.0. The lowest BCUT2D eigenvalue weighted by Gasteiger charge is -2.59. The number of benzene rings is 2. The summed E-state index contributed by atoms with van der Waals surface area (Å²) in [5, 5.41) is 14.1. The minimum absolute atomic E-state index is 0.0593. The van der Waals surface area contributed by atoms with Crippen LogP contribution in [0.4, 0.5) is 0 Å². The molecule has 0 saturated heterocycles. The topological polar surface area (TPSA) is 101 Å². The highest BCUT2D eigenvalue weighted by atomic mass is 35.5. The van der Waals surface area contributed by atoms with E-state index in [1.54, 1.807) is 19.2 Å². The number of hydrogen-bond acceptors (Lipinski definition) is 6. The number of hydrogen-bond donors (Lipinski definition) is 2. The maximum Gasteiger partial charge on any atom is 0.330 e. The molecule has 1 amide bonds. The van der Waals surface area contributed by atoms with Crippen molar-refractivity contribution in [2.75, 3.05) is 34.4 Å². The highest BCUT2D eigenvalue weighted by Gasteiger charge is 2.62. The van der Waals surface area contributed by atoms with Crippen LogP contribution < -0.4 is 14.8 Å². The van der Waals surface area contributed by atoms with Gasteiger partial charge in [0.25, 0.3) is 5.91 Å². The van der Waals surface area contributed by atoms with Gasteiger partial charge in [-0.3, -0.25) is 4.79 Å². The number of aliphatic carboxylic acids is 1. The molecule has 4 aliphatic carbocycles. The minimum atomic E-state index is -1.26. The summed E-state index contributed by atoms with van der Waals surface area (Å²) in [6.45, 7) is 1.38. The first-order chi connectivity index (χ1) is 21.2. The van der Waals surface area contributed by atoms with Crippen molar-refractivity contribution in [1.29, 1.82) is 0 Å². The van der Waals surface area contributed by atoms with Crippen LogP contribution >= 0.6 is 11.6 Å². The number of nitrogens with zero attached hydrogens (tertiary/aromatic N) is 2. The number of carboxylic acids is 1. The number of pyridine rings is 1. The van der Waals surface area contributed by atoms with Crippen LogP contribution in [0, 0.1) is 23.7 Å². The fraction of sp³-hybridized carbons (Fsp3) is 0.457. The van der Waals surface area contributed by atoms with Crippen LogP contribution in [0.15, 0.2) is 54.6 Å². The predicted molar refractivity (Wildman–Crippen MR) is 170 cm³/mol. The molecular formula is C35H40ClN3O5. The first-order valence-electron chi connectivity index (χ1n) is 15.5. The minimum Gasteiger partial charge on any atom is -0.496 e. The summed E-state index contributed by atoms with van der Waals surface area (Å²) in [5.74, 6) is 0.809. The molecule has 4 aliphatic rings. The number of methoxy groups -OCH3 is 1. The van der Waals surface area contributed by atoms with Gasteiger partial charge in [0.15, 0.2) is 0 Å². The Morgan fingerprint density at radius 3 is 2.34 bits per heavy atom. The molecule has 0 spiro atoms. The summed E-state index contributed by atoms with van der Waals surface area (Å²) in [5.41, 5.74) is 1.75. The van der Waals surface area contributed by atoms with Gasteiger partial charge < -0.3 is 24.8 Å². The van der Waals surface area contributed by atoms with Crippen molar-refractivity contribution in [2.45, 2.75) is 44.1 Å². The summed E-state index contributed by atoms with van der Waals surface area (Å²) in [6.07, 6.45) is 5.44. The summed E-state index contributed by atoms with van der Waals surface area (Å²) in [7, 11) is 5.65. The Morgan fingerprint density at radius 2 is 1.68 bits per heavy atom. The molecule has 4 fully saturated rings. The van der Waals surface area contributed by atoms with Crippen molar-refractivity contribution >= 4 is 23.5 Å². The van der Waals surface area contributed by atoms with E-state index in [9.17, 15) is 14.7 Å². The standard InChI is InChI=1S/C35H40ClN3O5/c1-39(2)13-6-14-44-31-20-23(9-11-28(31)36)32-27(26-7-4-5-8-30(26)43-3)10-12-29(37-32)33(40)38-35(34(41)42)24-16-21-15-22(18-24)19-25(35)17-21/h4-5,7-12,20-22,24-25H,6,13-19H2,1-3H3,(H,38,40)(H,41,42). The normalized spacial score (nSPS) is 25.2. The van der Waals surface area contributed by atoms with Gasteiger partial charge in [-0.05, 0) is 107 Å². The average Bonchev–Trinajstić information content (AvgIpc) is 3.01. The van der Waals surface area contributed by atoms with Crippen molar-refractivity contribution in [3.63, 3.8) is 0 Å². The second-order valence-corrected chi connectivity index (χ2v) is 13.3. The van der Waals surface area contributed by atoms with E-state index in [0.717, 1.165) is 55.3 Å². The van der Waals surface area contributed by atoms with Gasteiger partial charge in [0.1, 0.15) is 22.7 Å². The fourth-order valence-corrected chi connectivity index (χ4v) is 8.17. The van der Waals surface area contributed by atoms with E-state index < -0.39 is 17.4 Å². The van der Waals surface area contributed by atoms with E-state index in [4.69, 9.17) is 26.1 Å². The molecule has 0 unspecified atom stereocenters. The number of carboxylic acid groups (broad SMARTS) is 1. The lowest BCUT2D eigenvalue weighted by atomic mass is 9.48. The number of carbonyl (C=O) groups excluding carboxylic acids is 1. The Labute approximate surface area is 263 Å². The fourth-order valence-electron chi connectivity index (χ4n) is 8.00. The third-order valence-electron chi connectivity index (χ3n) is 9.84. The summed E-state index contributed by atoms with van der Waals surface area (Å²) in [6, 6.07) is 16.6. The molecule has 4 saturated carbocycles. The first kappa shape index (κ1) is 30.4. The average molecular weight is 618 g/mol. The van der Waals surface area contributed by atoms with Crippen molar-refractivity contribution in [3.05, 3.63) is 65.3 Å². The van der Waals surface area contributed by atoms with Crippen molar-refractivity contribution < 1.29 is 24.2 Å². The Kier molecular flexibility index (Phi) is 8.57. The molecule has 4 bridgehead atoms. The van der Waals surface area contributed by atoms with E-state index in [-0.39, 0.29) is 17.5 Å². The largest absolute Gasteiger partial charge is 0.496 e.